The van der Waals surface area contributed by atoms with E-state index < -0.39 is 5.54 Å². The van der Waals surface area contributed by atoms with Crippen LogP contribution in [0.1, 0.15) is 45.6 Å². The third-order valence-electron chi connectivity index (χ3n) is 5.37. The summed E-state index contributed by atoms with van der Waals surface area (Å²) in [5.74, 6) is 0.355. The van der Waals surface area contributed by atoms with Crippen molar-refractivity contribution in [3.8, 4) is 0 Å². The molecule has 1 N–H and O–H groups in total. The van der Waals surface area contributed by atoms with Gasteiger partial charge in [0.2, 0.25) is 0 Å². The Hall–Kier alpha value is -1.40. The monoisotopic (exact) mass is 421 g/mol. The zero-order chi connectivity index (χ0) is 19.1. The predicted molar refractivity (Wildman–Crippen MR) is 105 cm³/mol. The van der Waals surface area contributed by atoms with Crippen molar-refractivity contribution in [2.24, 2.45) is 11.3 Å². The lowest BCUT2D eigenvalue weighted by molar-refractivity contribution is -0.136. The van der Waals surface area contributed by atoms with Crippen LogP contribution in [0.4, 0.5) is 4.79 Å². The van der Waals surface area contributed by atoms with Crippen LogP contribution in [-0.4, -0.2) is 41.0 Å². The van der Waals surface area contributed by atoms with Gasteiger partial charge < -0.3 is 5.32 Å². The van der Waals surface area contributed by atoms with E-state index in [0.29, 0.717) is 25.6 Å². The van der Waals surface area contributed by atoms with E-state index in [-0.39, 0.29) is 17.4 Å². The van der Waals surface area contributed by atoms with Crippen molar-refractivity contribution < 1.29 is 9.59 Å². The Morgan fingerprint density at radius 3 is 2.50 bits per heavy atom. The summed E-state index contributed by atoms with van der Waals surface area (Å²) in [5.41, 5.74) is 0.473. The molecule has 3 rings (SSSR count). The van der Waals surface area contributed by atoms with Gasteiger partial charge in [-0.05, 0) is 55.3 Å². The minimum atomic E-state index is -0.725. The lowest BCUT2D eigenvalue weighted by atomic mass is 9.64. The van der Waals surface area contributed by atoms with Crippen molar-refractivity contribution in [3.63, 3.8) is 0 Å². The summed E-state index contributed by atoms with van der Waals surface area (Å²) in [6.07, 6.45) is 2.52. The zero-order valence-corrected chi connectivity index (χ0v) is 17.6. The summed E-state index contributed by atoms with van der Waals surface area (Å²) in [5, 5.41) is 3.04. The van der Waals surface area contributed by atoms with Gasteiger partial charge in [0.15, 0.2) is 0 Å². The standard InChI is InChI=1S/C20H28BrN3O2/c1-14-9-19(2,3)12-20(10-14)17(25)24(18(26)22-20)13-23(4)11-15-5-7-16(21)8-6-15/h5-8,14H,9-13H2,1-4H3,(H,22,26)/t14-,20-/m0/s1. The minimum absolute atomic E-state index is 0.0555. The van der Waals surface area contributed by atoms with Crippen LogP contribution in [0.25, 0.3) is 0 Å². The van der Waals surface area contributed by atoms with Crippen molar-refractivity contribution >= 4 is 27.9 Å². The summed E-state index contributed by atoms with van der Waals surface area (Å²) in [6.45, 7) is 7.53. The van der Waals surface area contributed by atoms with Crippen LogP contribution in [0.5, 0.6) is 0 Å². The van der Waals surface area contributed by atoms with Gasteiger partial charge in [-0.1, -0.05) is 48.8 Å². The Morgan fingerprint density at radius 1 is 1.23 bits per heavy atom. The highest BCUT2D eigenvalue weighted by atomic mass is 79.9. The van der Waals surface area contributed by atoms with Crippen LogP contribution in [0.3, 0.4) is 0 Å². The van der Waals surface area contributed by atoms with E-state index in [2.05, 4.69) is 42.0 Å². The molecule has 1 heterocycles. The first-order valence-corrected chi connectivity index (χ1v) is 9.97. The minimum Gasteiger partial charge on any atom is -0.323 e. The molecule has 0 radical (unpaired) electrons. The van der Waals surface area contributed by atoms with Gasteiger partial charge in [-0.25, -0.2) is 9.69 Å². The molecule has 1 spiro atoms. The molecule has 2 aliphatic rings. The van der Waals surface area contributed by atoms with E-state index >= 15 is 0 Å². The van der Waals surface area contributed by atoms with Crippen LogP contribution in [-0.2, 0) is 11.3 Å². The number of imide groups is 1. The molecule has 1 aliphatic heterocycles. The zero-order valence-electron chi connectivity index (χ0n) is 16.0. The molecule has 2 atom stereocenters. The van der Waals surface area contributed by atoms with Crippen LogP contribution >= 0.6 is 15.9 Å². The van der Waals surface area contributed by atoms with Gasteiger partial charge in [0.25, 0.3) is 5.91 Å². The number of amides is 3. The molecule has 1 aromatic carbocycles. The molecule has 5 nitrogen and oxygen atoms in total. The fourth-order valence-corrected chi connectivity index (χ4v) is 5.09. The van der Waals surface area contributed by atoms with E-state index in [1.165, 1.54) is 4.90 Å². The summed E-state index contributed by atoms with van der Waals surface area (Å²) in [7, 11) is 1.93. The van der Waals surface area contributed by atoms with E-state index in [0.717, 1.165) is 22.9 Å². The van der Waals surface area contributed by atoms with E-state index in [9.17, 15) is 9.59 Å². The first-order valence-electron chi connectivity index (χ1n) is 9.17. The highest BCUT2D eigenvalue weighted by Gasteiger charge is 2.56. The number of rotatable bonds is 4. The number of hydrogen-bond acceptors (Lipinski definition) is 3. The summed E-state index contributed by atoms with van der Waals surface area (Å²) < 4.78 is 1.04. The number of halogens is 1. The van der Waals surface area contributed by atoms with Gasteiger partial charge in [-0.15, -0.1) is 0 Å². The molecule has 1 aromatic rings. The molecule has 6 heteroatoms. The number of nitrogens with zero attached hydrogens (tertiary/aromatic N) is 2. The van der Waals surface area contributed by atoms with Gasteiger partial charge in [0.05, 0.1) is 6.67 Å². The third-order valence-corrected chi connectivity index (χ3v) is 5.90. The first kappa shape index (κ1) is 19.4. The molecule has 142 valence electrons. The topological polar surface area (TPSA) is 52.7 Å². The van der Waals surface area contributed by atoms with E-state index in [1.807, 2.05) is 36.2 Å². The fraction of sp³-hybridized carbons (Fsp3) is 0.600. The second-order valence-corrected chi connectivity index (χ2v) is 9.80. The maximum absolute atomic E-state index is 13.2. The lowest BCUT2D eigenvalue weighted by Gasteiger charge is -2.43. The molecule has 1 saturated carbocycles. The quantitative estimate of drug-likeness (QED) is 0.747. The number of carbonyl (C=O) groups excluding carboxylic acids is 2. The van der Waals surface area contributed by atoms with Crippen LogP contribution in [0, 0.1) is 11.3 Å². The van der Waals surface area contributed by atoms with Gasteiger partial charge >= 0.3 is 6.03 Å². The molecule has 0 bridgehead atoms. The van der Waals surface area contributed by atoms with Crippen molar-refractivity contribution in [3.05, 3.63) is 34.3 Å². The normalized spacial score (nSPS) is 28.1. The lowest BCUT2D eigenvalue weighted by Crippen LogP contribution is -2.54. The van der Waals surface area contributed by atoms with E-state index in [4.69, 9.17) is 0 Å². The maximum Gasteiger partial charge on any atom is 0.326 e. The molecular formula is C20H28BrN3O2. The highest BCUT2D eigenvalue weighted by Crippen LogP contribution is 2.46. The first-order chi connectivity index (χ1) is 12.1. The van der Waals surface area contributed by atoms with Crippen LogP contribution < -0.4 is 5.32 Å². The van der Waals surface area contributed by atoms with Gasteiger partial charge in [0.1, 0.15) is 5.54 Å². The Bertz CT molecular complexity index is 704. The van der Waals surface area contributed by atoms with Crippen LogP contribution in [0.15, 0.2) is 28.7 Å². The second kappa shape index (κ2) is 6.97. The molecular weight excluding hydrogens is 394 g/mol. The molecule has 1 saturated heterocycles. The Labute approximate surface area is 164 Å². The number of nitrogens with one attached hydrogen (secondary N) is 1. The van der Waals surface area contributed by atoms with Crippen molar-refractivity contribution in [2.75, 3.05) is 13.7 Å². The molecule has 1 aliphatic carbocycles. The predicted octanol–water partition coefficient (Wildman–Crippen LogP) is 3.98. The van der Waals surface area contributed by atoms with Crippen molar-refractivity contribution in [1.29, 1.82) is 0 Å². The van der Waals surface area contributed by atoms with Gasteiger partial charge in [-0.2, -0.15) is 0 Å². The van der Waals surface area contributed by atoms with Crippen LogP contribution in [0.2, 0.25) is 0 Å². The average Bonchev–Trinajstić information content (AvgIpc) is 2.71. The summed E-state index contributed by atoms with van der Waals surface area (Å²) in [6, 6.07) is 7.82. The smallest absolute Gasteiger partial charge is 0.323 e. The highest BCUT2D eigenvalue weighted by molar-refractivity contribution is 9.10. The Balaban J connectivity index is 1.70. The molecule has 0 unspecified atom stereocenters. The number of hydrogen-bond donors (Lipinski definition) is 1. The summed E-state index contributed by atoms with van der Waals surface area (Å²) in [4.78, 5) is 29.1. The third kappa shape index (κ3) is 3.96. The van der Waals surface area contributed by atoms with Crippen molar-refractivity contribution in [2.45, 2.75) is 52.1 Å². The SMILES string of the molecule is C[C@H]1CC(C)(C)C[C@]2(C1)NC(=O)N(CN(C)Cc1ccc(Br)cc1)C2=O. The Morgan fingerprint density at radius 2 is 1.88 bits per heavy atom. The summed E-state index contributed by atoms with van der Waals surface area (Å²) >= 11 is 3.43. The largest absolute Gasteiger partial charge is 0.326 e. The molecule has 2 fully saturated rings. The van der Waals surface area contributed by atoms with Crippen molar-refractivity contribution in [1.82, 2.24) is 15.1 Å². The maximum atomic E-state index is 13.2. The van der Waals surface area contributed by atoms with E-state index in [1.54, 1.807) is 0 Å². The average molecular weight is 422 g/mol. The number of carbonyl (C=O) groups is 2. The number of benzene rings is 1. The van der Waals surface area contributed by atoms with Gasteiger partial charge in [0, 0.05) is 11.0 Å². The fourth-order valence-electron chi connectivity index (χ4n) is 4.83. The second-order valence-electron chi connectivity index (χ2n) is 8.88. The molecule has 0 aromatic heterocycles. The number of urea groups is 1. The molecule has 3 amide bonds. The van der Waals surface area contributed by atoms with Gasteiger partial charge in [-0.3, -0.25) is 9.69 Å². The molecule has 26 heavy (non-hydrogen) atoms. The Kier molecular flexibility index (Phi) is 5.19.